The minimum absolute atomic E-state index is 0.0944. The predicted octanol–water partition coefficient (Wildman–Crippen LogP) is 1.43. The number of nitrogens with zero attached hydrogens (tertiary/aromatic N) is 1. The van der Waals surface area contributed by atoms with E-state index in [1.54, 1.807) is 0 Å². The maximum Gasteiger partial charge on any atom is 0.339 e. The average Bonchev–Trinajstić information content (AvgIpc) is 2.54. The van der Waals surface area contributed by atoms with Gasteiger partial charge in [0.15, 0.2) is 5.75 Å². The maximum atomic E-state index is 12.3. The summed E-state index contributed by atoms with van der Waals surface area (Å²) in [7, 11) is -2.80. The molecule has 0 aliphatic carbocycles. The van der Waals surface area contributed by atoms with Crippen LogP contribution in [0, 0.1) is 11.3 Å². The highest BCUT2D eigenvalue weighted by Gasteiger charge is 2.21. The molecule has 0 spiro atoms. The molecular formula is C15H12N2O5S. The number of nitriles is 1. The summed E-state index contributed by atoms with van der Waals surface area (Å²) in [5.74, 6) is -0.765. The molecule has 0 saturated carbocycles. The van der Waals surface area contributed by atoms with Crippen molar-refractivity contribution in [2.24, 2.45) is 5.73 Å². The van der Waals surface area contributed by atoms with Gasteiger partial charge in [0.1, 0.15) is 10.6 Å². The van der Waals surface area contributed by atoms with Crippen molar-refractivity contribution in [1.29, 1.82) is 5.26 Å². The van der Waals surface area contributed by atoms with Gasteiger partial charge in [0.2, 0.25) is 0 Å². The molecule has 0 radical (unpaired) electrons. The Morgan fingerprint density at radius 1 is 1.17 bits per heavy atom. The highest BCUT2D eigenvalue weighted by Crippen LogP contribution is 2.27. The Morgan fingerprint density at radius 3 is 2.35 bits per heavy atom. The number of hydrogen-bond donors (Lipinski definition) is 1. The molecule has 0 saturated heterocycles. The molecule has 0 aliphatic rings. The van der Waals surface area contributed by atoms with Crippen molar-refractivity contribution in [3.8, 4) is 17.6 Å². The number of ether oxygens (including phenoxy) is 1. The first-order chi connectivity index (χ1) is 10.9. The molecule has 2 aromatic carbocycles. The van der Waals surface area contributed by atoms with E-state index in [0.29, 0.717) is 11.3 Å². The minimum Gasteiger partial charge on any atom is -0.497 e. The molecule has 23 heavy (non-hydrogen) atoms. The van der Waals surface area contributed by atoms with E-state index in [2.05, 4.69) is 0 Å². The lowest BCUT2D eigenvalue weighted by Crippen LogP contribution is -2.16. The molecule has 0 unspecified atom stereocenters. The average molecular weight is 332 g/mol. The number of rotatable bonds is 5. The van der Waals surface area contributed by atoms with Gasteiger partial charge in [-0.2, -0.15) is 13.7 Å². The summed E-state index contributed by atoms with van der Waals surface area (Å²) < 4.78 is 34.5. The minimum atomic E-state index is -4.19. The van der Waals surface area contributed by atoms with Crippen LogP contribution in [-0.2, 0) is 10.1 Å². The molecule has 118 valence electrons. The van der Waals surface area contributed by atoms with Gasteiger partial charge >= 0.3 is 10.1 Å². The Hall–Kier alpha value is -3.05. The van der Waals surface area contributed by atoms with Gasteiger partial charge in [-0.25, -0.2) is 0 Å². The molecule has 2 aromatic rings. The van der Waals surface area contributed by atoms with Crippen molar-refractivity contribution >= 4 is 16.0 Å². The van der Waals surface area contributed by atoms with Gasteiger partial charge < -0.3 is 14.7 Å². The lowest BCUT2D eigenvalue weighted by molar-refractivity contribution is 0.0999. The number of nitrogens with two attached hydrogens (primary N) is 1. The van der Waals surface area contributed by atoms with Crippen molar-refractivity contribution in [2.45, 2.75) is 4.90 Å². The number of amides is 1. The fraction of sp³-hybridized carbons (Fsp3) is 0.0667. The number of hydrogen-bond acceptors (Lipinski definition) is 6. The maximum absolute atomic E-state index is 12.3. The normalized spacial score (nSPS) is 10.6. The fourth-order valence-corrected chi connectivity index (χ4v) is 2.70. The lowest BCUT2D eigenvalue weighted by Gasteiger charge is -2.11. The summed E-state index contributed by atoms with van der Waals surface area (Å²) in [5.41, 5.74) is 5.42. The zero-order chi connectivity index (χ0) is 17.0. The second kappa shape index (κ2) is 6.37. The van der Waals surface area contributed by atoms with E-state index in [0.717, 1.165) is 0 Å². The predicted molar refractivity (Wildman–Crippen MR) is 80.5 cm³/mol. The third kappa shape index (κ3) is 3.59. The number of methoxy groups -OCH3 is 1. The number of carbonyl (C=O) groups is 1. The molecule has 7 nitrogen and oxygen atoms in total. The first kappa shape index (κ1) is 16.3. The number of primary amides is 1. The Balaban J connectivity index is 2.43. The molecule has 2 N–H and O–H groups in total. The van der Waals surface area contributed by atoms with Gasteiger partial charge in [0, 0.05) is 6.07 Å². The molecule has 0 atom stereocenters. The Kier molecular flexibility index (Phi) is 4.52. The van der Waals surface area contributed by atoms with E-state index < -0.39 is 16.0 Å². The van der Waals surface area contributed by atoms with E-state index >= 15 is 0 Å². The van der Waals surface area contributed by atoms with Crippen LogP contribution in [0.25, 0.3) is 0 Å². The second-order valence-electron chi connectivity index (χ2n) is 4.40. The first-order valence-corrected chi connectivity index (χ1v) is 7.70. The molecule has 8 heteroatoms. The van der Waals surface area contributed by atoms with Crippen LogP contribution in [0.15, 0.2) is 47.4 Å². The standard InChI is InChI=1S/C15H12N2O5S/c1-21-11-4-7-13(15(17)18)14(8-11)22-23(19,20)12-5-2-10(9-16)3-6-12/h2-8H,1H3,(H2,17,18). The van der Waals surface area contributed by atoms with Crippen LogP contribution in [0.5, 0.6) is 11.5 Å². The van der Waals surface area contributed by atoms with Gasteiger partial charge in [-0.05, 0) is 36.4 Å². The Morgan fingerprint density at radius 2 is 1.83 bits per heavy atom. The van der Waals surface area contributed by atoms with Crippen LogP contribution in [0.4, 0.5) is 0 Å². The largest absolute Gasteiger partial charge is 0.497 e. The van der Waals surface area contributed by atoms with Gasteiger partial charge in [-0.3, -0.25) is 4.79 Å². The van der Waals surface area contributed by atoms with Crippen molar-refractivity contribution < 1.29 is 22.1 Å². The number of carbonyl (C=O) groups excluding carboxylic acids is 1. The highest BCUT2D eigenvalue weighted by atomic mass is 32.2. The summed E-state index contributed by atoms with van der Waals surface area (Å²) >= 11 is 0. The monoisotopic (exact) mass is 332 g/mol. The van der Waals surface area contributed by atoms with E-state index in [1.807, 2.05) is 6.07 Å². The SMILES string of the molecule is COc1ccc(C(N)=O)c(OS(=O)(=O)c2ccc(C#N)cc2)c1. The quantitative estimate of drug-likeness (QED) is 0.827. The summed E-state index contributed by atoms with van der Waals surface area (Å²) in [6.45, 7) is 0. The Labute approximate surface area is 133 Å². The second-order valence-corrected chi connectivity index (χ2v) is 5.95. The van der Waals surface area contributed by atoms with E-state index in [1.165, 1.54) is 49.6 Å². The van der Waals surface area contributed by atoms with E-state index in [9.17, 15) is 13.2 Å². The van der Waals surface area contributed by atoms with Gasteiger partial charge in [0.05, 0.1) is 24.3 Å². The summed E-state index contributed by atoms with van der Waals surface area (Å²) in [6.07, 6.45) is 0. The zero-order valence-corrected chi connectivity index (χ0v) is 12.8. The molecule has 2 rings (SSSR count). The molecule has 1 amide bonds. The summed E-state index contributed by atoms with van der Waals surface area (Å²) in [5, 5.41) is 8.73. The van der Waals surface area contributed by atoms with E-state index in [-0.39, 0.29) is 16.2 Å². The smallest absolute Gasteiger partial charge is 0.339 e. The zero-order valence-electron chi connectivity index (χ0n) is 12.0. The molecule has 0 fully saturated rings. The van der Waals surface area contributed by atoms with E-state index in [4.69, 9.17) is 19.9 Å². The fourth-order valence-electron chi connectivity index (χ4n) is 1.76. The molecule has 0 heterocycles. The van der Waals surface area contributed by atoms with Crippen LogP contribution in [0.1, 0.15) is 15.9 Å². The van der Waals surface area contributed by atoms with Crippen LogP contribution in [-0.4, -0.2) is 21.4 Å². The first-order valence-electron chi connectivity index (χ1n) is 6.30. The lowest BCUT2D eigenvalue weighted by atomic mass is 10.2. The highest BCUT2D eigenvalue weighted by molar-refractivity contribution is 7.87. The summed E-state index contributed by atoms with van der Waals surface area (Å²) in [4.78, 5) is 11.2. The third-order valence-corrected chi connectivity index (χ3v) is 4.17. The molecule has 0 aromatic heterocycles. The molecular weight excluding hydrogens is 320 g/mol. The number of benzene rings is 2. The van der Waals surface area contributed by atoms with Crippen molar-refractivity contribution in [3.63, 3.8) is 0 Å². The van der Waals surface area contributed by atoms with Crippen molar-refractivity contribution in [1.82, 2.24) is 0 Å². The van der Waals surface area contributed by atoms with Gasteiger partial charge in [0.25, 0.3) is 5.91 Å². The van der Waals surface area contributed by atoms with Crippen molar-refractivity contribution in [3.05, 3.63) is 53.6 Å². The van der Waals surface area contributed by atoms with Crippen LogP contribution < -0.4 is 14.7 Å². The summed E-state index contributed by atoms with van der Waals surface area (Å²) in [6, 6.07) is 11.1. The molecule has 0 bridgehead atoms. The third-order valence-electron chi connectivity index (χ3n) is 2.93. The van der Waals surface area contributed by atoms with Crippen molar-refractivity contribution in [2.75, 3.05) is 7.11 Å². The van der Waals surface area contributed by atoms with Crippen LogP contribution in [0.3, 0.4) is 0 Å². The Bertz CT molecular complexity index is 883. The van der Waals surface area contributed by atoms with Crippen LogP contribution >= 0.6 is 0 Å². The van der Waals surface area contributed by atoms with Gasteiger partial charge in [-0.15, -0.1) is 0 Å². The van der Waals surface area contributed by atoms with Crippen LogP contribution in [0.2, 0.25) is 0 Å². The van der Waals surface area contributed by atoms with Gasteiger partial charge in [-0.1, -0.05) is 0 Å². The molecule has 0 aliphatic heterocycles. The topological polar surface area (TPSA) is 119 Å².